The van der Waals surface area contributed by atoms with Crippen LogP contribution in [-0.4, -0.2) is 9.55 Å². The van der Waals surface area contributed by atoms with Crippen molar-refractivity contribution < 1.29 is 0 Å². The van der Waals surface area contributed by atoms with E-state index in [1.807, 2.05) is 36.4 Å². The van der Waals surface area contributed by atoms with Crippen LogP contribution in [0.5, 0.6) is 0 Å². The number of aryl methyl sites for hydroxylation is 1. The van der Waals surface area contributed by atoms with E-state index in [9.17, 15) is 4.79 Å². The van der Waals surface area contributed by atoms with Gasteiger partial charge in [-0.3, -0.25) is 9.78 Å². The second kappa shape index (κ2) is 4.63. The Balaban J connectivity index is 2.35. The Kier molecular flexibility index (Phi) is 2.81. The standard InChI is InChI=1S/C16H11N3O/c1-19-10-13(8-12(9-17)16(19)20)15-14-5-3-2-4-11(14)6-7-18-15/h2-8,10H,1H3. The molecule has 0 bridgehead atoms. The zero-order valence-electron chi connectivity index (χ0n) is 10.9. The number of hydrogen-bond donors (Lipinski definition) is 0. The van der Waals surface area contributed by atoms with Crippen LogP contribution >= 0.6 is 0 Å². The van der Waals surface area contributed by atoms with Crippen LogP contribution in [0.1, 0.15) is 5.56 Å². The van der Waals surface area contributed by atoms with Gasteiger partial charge in [0.05, 0.1) is 5.69 Å². The predicted molar refractivity (Wildman–Crippen MR) is 77.1 cm³/mol. The summed E-state index contributed by atoms with van der Waals surface area (Å²) < 4.78 is 1.41. The summed E-state index contributed by atoms with van der Waals surface area (Å²) in [4.78, 5) is 16.2. The summed E-state index contributed by atoms with van der Waals surface area (Å²) in [5.41, 5.74) is 1.37. The highest BCUT2D eigenvalue weighted by Gasteiger charge is 2.09. The van der Waals surface area contributed by atoms with E-state index in [-0.39, 0.29) is 11.1 Å². The molecule has 96 valence electrons. The fourth-order valence-corrected chi connectivity index (χ4v) is 2.27. The number of fused-ring (bicyclic) bond motifs is 1. The number of benzene rings is 1. The lowest BCUT2D eigenvalue weighted by Gasteiger charge is -2.07. The molecule has 4 heteroatoms. The van der Waals surface area contributed by atoms with Gasteiger partial charge in [0.25, 0.3) is 5.56 Å². The summed E-state index contributed by atoms with van der Waals surface area (Å²) in [6, 6.07) is 13.4. The molecule has 0 saturated heterocycles. The molecule has 0 unspecified atom stereocenters. The predicted octanol–water partition coefficient (Wildman–Crippen LogP) is 2.47. The van der Waals surface area contributed by atoms with Crippen molar-refractivity contribution in [2.45, 2.75) is 0 Å². The molecular weight excluding hydrogens is 250 g/mol. The molecule has 0 aliphatic carbocycles. The molecule has 20 heavy (non-hydrogen) atoms. The number of nitriles is 1. The summed E-state index contributed by atoms with van der Waals surface area (Å²) in [6.07, 6.45) is 3.44. The molecule has 0 aliphatic rings. The summed E-state index contributed by atoms with van der Waals surface area (Å²) in [7, 11) is 1.64. The summed E-state index contributed by atoms with van der Waals surface area (Å²) in [5.74, 6) is 0. The molecule has 4 nitrogen and oxygen atoms in total. The molecule has 0 fully saturated rings. The molecule has 0 amide bonds. The van der Waals surface area contributed by atoms with Gasteiger partial charge in [-0.15, -0.1) is 0 Å². The van der Waals surface area contributed by atoms with Crippen LogP contribution < -0.4 is 5.56 Å². The lowest BCUT2D eigenvalue weighted by atomic mass is 10.0. The highest BCUT2D eigenvalue weighted by Crippen LogP contribution is 2.25. The Morgan fingerprint density at radius 3 is 2.85 bits per heavy atom. The van der Waals surface area contributed by atoms with Gasteiger partial charge in [0.15, 0.2) is 0 Å². The molecule has 1 aromatic carbocycles. The fraction of sp³-hybridized carbons (Fsp3) is 0.0625. The van der Waals surface area contributed by atoms with E-state index < -0.39 is 0 Å². The van der Waals surface area contributed by atoms with Gasteiger partial charge in [0.2, 0.25) is 0 Å². The second-order valence-electron chi connectivity index (χ2n) is 4.55. The minimum absolute atomic E-state index is 0.125. The van der Waals surface area contributed by atoms with Gasteiger partial charge in [-0.2, -0.15) is 5.26 Å². The van der Waals surface area contributed by atoms with Crippen molar-refractivity contribution in [2.75, 3.05) is 0 Å². The van der Waals surface area contributed by atoms with Crippen molar-refractivity contribution in [1.29, 1.82) is 5.26 Å². The number of pyridine rings is 2. The van der Waals surface area contributed by atoms with E-state index in [4.69, 9.17) is 5.26 Å². The summed E-state index contributed by atoms with van der Waals surface area (Å²) in [5, 5.41) is 11.1. The minimum Gasteiger partial charge on any atom is -0.317 e. The smallest absolute Gasteiger partial charge is 0.268 e. The Labute approximate surface area is 115 Å². The minimum atomic E-state index is -0.295. The van der Waals surface area contributed by atoms with Crippen molar-refractivity contribution in [3.05, 3.63) is 64.7 Å². The Bertz CT molecular complexity index is 898. The molecule has 0 N–H and O–H groups in total. The normalized spacial score (nSPS) is 10.4. The quantitative estimate of drug-likeness (QED) is 0.676. The maximum Gasteiger partial charge on any atom is 0.268 e. The average Bonchev–Trinajstić information content (AvgIpc) is 2.49. The van der Waals surface area contributed by atoms with Gasteiger partial charge >= 0.3 is 0 Å². The topological polar surface area (TPSA) is 58.7 Å². The van der Waals surface area contributed by atoms with Crippen LogP contribution in [-0.2, 0) is 7.05 Å². The van der Waals surface area contributed by atoms with Crippen LogP contribution in [0.15, 0.2) is 53.6 Å². The largest absolute Gasteiger partial charge is 0.317 e. The van der Waals surface area contributed by atoms with Gasteiger partial charge in [0, 0.05) is 30.4 Å². The highest BCUT2D eigenvalue weighted by atomic mass is 16.1. The molecule has 0 atom stereocenters. The summed E-state index contributed by atoms with van der Waals surface area (Å²) in [6.45, 7) is 0. The number of hydrogen-bond acceptors (Lipinski definition) is 3. The molecule has 2 aromatic heterocycles. The van der Waals surface area contributed by atoms with E-state index in [1.165, 1.54) is 4.57 Å². The third kappa shape index (κ3) is 1.86. The zero-order chi connectivity index (χ0) is 14.1. The van der Waals surface area contributed by atoms with Gasteiger partial charge in [-0.1, -0.05) is 24.3 Å². The number of aromatic nitrogens is 2. The molecular formula is C16H11N3O. The van der Waals surface area contributed by atoms with Crippen molar-refractivity contribution in [3.63, 3.8) is 0 Å². The first-order valence-corrected chi connectivity index (χ1v) is 6.15. The van der Waals surface area contributed by atoms with Crippen LogP contribution in [0.4, 0.5) is 0 Å². The number of nitrogens with zero attached hydrogens (tertiary/aromatic N) is 3. The maximum atomic E-state index is 11.8. The highest BCUT2D eigenvalue weighted by molar-refractivity contribution is 5.94. The van der Waals surface area contributed by atoms with Gasteiger partial charge in [-0.25, -0.2) is 0 Å². The summed E-state index contributed by atoms with van der Waals surface area (Å²) >= 11 is 0. The Hall–Kier alpha value is -2.93. The van der Waals surface area contributed by atoms with Crippen molar-refractivity contribution in [1.82, 2.24) is 9.55 Å². The molecule has 3 aromatic rings. The molecule has 0 aliphatic heterocycles. The fourth-order valence-electron chi connectivity index (χ4n) is 2.27. The average molecular weight is 261 g/mol. The lowest BCUT2D eigenvalue weighted by Crippen LogP contribution is -2.19. The van der Waals surface area contributed by atoms with Crippen LogP contribution in [0.3, 0.4) is 0 Å². The number of rotatable bonds is 1. The molecule has 2 heterocycles. The van der Waals surface area contributed by atoms with E-state index in [0.717, 1.165) is 22.0 Å². The van der Waals surface area contributed by atoms with Crippen molar-refractivity contribution in [3.8, 4) is 17.3 Å². The van der Waals surface area contributed by atoms with E-state index in [0.29, 0.717) is 0 Å². The third-order valence-corrected chi connectivity index (χ3v) is 3.25. The molecule has 0 saturated carbocycles. The first-order chi connectivity index (χ1) is 9.70. The van der Waals surface area contributed by atoms with Crippen molar-refractivity contribution in [2.24, 2.45) is 7.05 Å². The van der Waals surface area contributed by atoms with Crippen LogP contribution in [0.25, 0.3) is 22.0 Å². The van der Waals surface area contributed by atoms with Crippen molar-refractivity contribution >= 4 is 10.8 Å². The van der Waals surface area contributed by atoms with Gasteiger partial charge in [-0.05, 0) is 17.5 Å². The second-order valence-corrected chi connectivity index (χ2v) is 4.55. The van der Waals surface area contributed by atoms with E-state index in [1.54, 1.807) is 25.5 Å². The van der Waals surface area contributed by atoms with Gasteiger partial charge in [0.1, 0.15) is 11.6 Å². The molecule has 0 radical (unpaired) electrons. The lowest BCUT2D eigenvalue weighted by molar-refractivity contribution is 0.857. The SMILES string of the molecule is Cn1cc(-c2nccc3ccccc23)cc(C#N)c1=O. The molecule has 3 rings (SSSR count). The van der Waals surface area contributed by atoms with Crippen LogP contribution in [0.2, 0.25) is 0 Å². The first kappa shape index (κ1) is 12.1. The molecule has 0 spiro atoms. The Morgan fingerprint density at radius 1 is 1.25 bits per heavy atom. The maximum absolute atomic E-state index is 11.8. The third-order valence-electron chi connectivity index (χ3n) is 3.25. The van der Waals surface area contributed by atoms with Gasteiger partial charge < -0.3 is 4.57 Å². The van der Waals surface area contributed by atoms with Crippen LogP contribution in [0, 0.1) is 11.3 Å². The zero-order valence-corrected chi connectivity index (χ0v) is 10.9. The van der Waals surface area contributed by atoms with E-state index in [2.05, 4.69) is 4.98 Å². The first-order valence-electron chi connectivity index (χ1n) is 6.15. The van der Waals surface area contributed by atoms with E-state index >= 15 is 0 Å². The Morgan fingerprint density at radius 2 is 2.05 bits per heavy atom. The monoisotopic (exact) mass is 261 g/mol.